The van der Waals surface area contributed by atoms with E-state index in [0.29, 0.717) is 23.1 Å². The van der Waals surface area contributed by atoms with Gasteiger partial charge in [0.15, 0.2) is 0 Å². The summed E-state index contributed by atoms with van der Waals surface area (Å²) in [4.78, 5) is 55.5. The minimum absolute atomic E-state index is 0.0243. The molecule has 0 radical (unpaired) electrons. The summed E-state index contributed by atoms with van der Waals surface area (Å²) in [6.45, 7) is 4.08. The van der Waals surface area contributed by atoms with Gasteiger partial charge in [-0.15, -0.1) is 0 Å². The third-order valence-corrected chi connectivity index (χ3v) is 7.19. The van der Waals surface area contributed by atoms with E-state index < -0.39 is 11.9 Å². The van der Waals surface area contributed by atoms with E-state index in [1.165, 1.54) is 21.9 Å². The smallest absolute Gasteiger partial charge is 0.261 e. The Bertz CT molecular complexity index is 1330. The highest BCUT2D eigenvalue weighted by Crippen LogP contribution is 2.23. The number of hydrogen-bond acceptors (Lipinski definition) is 4. The molecule has 0 fully saturated rings. The molecule has 3 aromatic carbocycles. The molecule has 2 atom stereocenters. The number of fused-ring (bicyclic) bond motifs is 1. The number of carbonyl (C=O) groups excluding carboxylic acids is 4. The van der Waals surface area contributed by atoms with Gasteiger partial charge in [0.05, 0.1) is 11.1 Å². The lowest BCUT2D eigenvalue weighted by molar-refractivity contribution is -0.141. The summed E-state index contributed by atoms with van der Waals surface area (Å²) >= 11 is 0. The van der Waals surface area contributed by atoms with E-state index in [0.717, 1.165) is 12.0 Å². The molecular formula is C32H34FN3O4. The van der Waals surface area contributed by atoms with Crippen LogP contribution in [0.2, 0.25) is 0 Å². The molecule has 1 aliphatic heterocycles. The van der Waals surface area contributed by atoms with Crippen molar-refractivity contribution in [3.8, 4) is 0 Å². The SMILES string of the molecule is CC[C@H](C)NC(=O)[C@@H](Cc1ccccc1)N(Cc1ccc(F)cc1)C(=O)CCCN1C(=O)c2ccccc2C1=O. The monoisotopic (exact) mass is 543 g/mol. The van der Waals surface area contributed by atoms with Gasteiger partial charge in [-0.1, -0.05) is 61.5 Å². The molecule has 1 N–H and O–H groups in total. The maximum absolute atomic E-state index is 13.7. The highest BCUT2D eigenvalue weighted by molar-refractivity contribution is 6.21. The summed E-state index contributed by atoms with van der Waals surface area (Å²) in [6.07, 6.45) is 1.30. The fourth-order valence-corrected chi connectivity index (χ4v) is 4.76. The Balaban J connectivity index is 1.54. The number of nitrogens with one attached hydrogen (secondary N) is 1. The van der Waals surface area contributed by atoms with Crippen molar-refractivity contribution in [2.75, 3.05) is 6.54 Å². The van der Waals surface area contributed by atoms with Crippen molar-refractivity contribution < 1.29 is 23.6 Å². The zero-order valence-electron chi connectivity index (χ0n) is 22.8. The zero-order chi connectivity index (χ0) is 28.6. The first kappa shape index (κ1) is 28.7. The lowest BCUT2D eigenvalue weighted by Gasteiger charge is -2.32. The van der Waals surface area contributed by atoms with Gasteiger partial charge in [0.2, 0.25) is 11.8 Å². The van der Waals surface area contributed by atoms with Gasteiger partial charge in [0.25, 0.3) is 11.8 Å². The zero-order valence-corrected chi connectivity index (χ0v) is 22.8. The van der Waals surface area contributed by atoms with E-state index in [1.54, 1.807) is 36.4 Å². The van der Waals surface area contributed by atoms with E-state index in [9.17, 15) is 23.6 Å². The highest BCUT2D eigenvalue weighted by Gasteiger charge is 2.35. The molecule has 4 amide bonds. The third-order valence-electron chi connectivity index (χ3n) is 7.19. The van der Waals surface area contributed by atoms with Gasteiger partial charge in [-0.2, -0.15) is 0 Å². The summed E-state index contributed by atoms with van der Waals surface area (Å²) in [6, 6.07) is 21.1. The van der Waals surface area contributed by atoms with Crippen LogP contribution in [0.5, 0.6) is 0 Å². The van der Waals surface area contributed by atoms with Crippen molar-refractivity contribution in [2.24, 2.45) is 0 Å². The first-order valence-electron chi connectivity index (χ1n) is 13.6. The molecule has 0 saturated heterocycles. The van der Waals surface area contributed by atoms with Gasteiger partial charge in [0, 0.05) is 32.0 Å². The van der Waals surface area contributed by atoms with Crippen LogP contribution in [0.15, 0.2) is 78.9 Å². The van der Waals surface area contributed by atoms with Crippen LogP contribution >= 0.6 is 0 Å². The number of hydrogen-bond donors (Lipinski definition) is 1. The lowest BCUT2D eigenvalue weighted by atomic mass is 10.0. The van der Waals surface area contributed by atoms with Crippen LogP contribution in [0, 0.1) is 5.82 Å². The van der Waals surface area contributed by atoms with Gasteiger partial charge in [-0.3, -0.25) is 24.1 Å². The molecule has 1 heterocycles. The first-order chi connectivity index (χ1) is 19.3. The quantitative estimate of drug-likeness (QED) is 0.334. The van der Waals surface area contributed by atoms with Crippen LogP contribution in [0.3, 0.4) is 0 Å². The molecular weight excluding hydrogens is 509 g/mol. The van der Waals surface area contributed by atoms with E-state index in [2.05, 4.69) is 5.32 Å². The Kier molecular flexibility index (Phi) is 9.43. The van der Waals surface area contributed by atoms with E-state index in [4.69, 9.17) is 0 Å². The van der Waals surface area contributed by atoms with Crippen LogP contribution in [0.25, 0.3) is 0 Å². The lowest BCUT2D eigenvalue weighted by Crippen LogP contribution is -2.52. The molecule has 0 bridgehead atoms. The van der Waals surface area contributed by atoms with Gasteiger partial charge in [0.1, 0.15) is 11.9 Å². The molecule has 3 aromatic rings. The van der Waals surface area contributed by atoms with Crippen LogP contribution < -0.4 is 5.32 Å². The largest absolute Gasteiger partial charge is 0.352 e. The first-order valence-corrected chi connectivity index (χ1v) is 13.6. The Morgan fingerprint density at radius 1 is 0.875 bits per heavy atom. The molecule has 0 aromatic heterocycles. The topological polar surface area (TPSA) is 86.8 Å². The molecule has 0 spiro atoms. The van der Waals surface area contributed by atoms with E-state index >= 15 is 0 Å². The molecule has 1 aliphatic rings. The van der Waals surface area contributed by atoms with Gasteiger partial charge in [-0.25, -0.2) is 4.39 Å². The summed E-state index contributed by atoms with van der Waals surface area (Å²) in [7, 11) is 0. The van der Waals surface area contributed by atoms with Crippen molar-refractivity contribution in [3.05, 3.63) is 107 Å². The molecule has 4 rings (SSSR count). The van der Waals surface area contributed by atoms with Crippen molar-refractivity contribution in [3.63, 3.8) is 0 Å². The number of halogens is 1. The third kappa shape index (κ3) is 6.81. The molecule has 0 aliphatic carbocycles. The molecule has 40 heavy (non-hydrogen) atoms. The minimum Gasteiger partial charge on any atom is -0.352 e. The van der Waals surface area contributed by atoms with Crippen LogP contribution in [-0.4, -0.2) is 52.1 Å². The molecule has 8 heteroatoms. The average molecular weight is 544 g/mol. The highest BCUT2D eigenvalue weighted by atomic mass is 19.1. The van der Waals surface area contributed by atoms with Crippen LogP contribution in [-0.2, 0) is 22.6 Å². The second-order valence-corrected chi connectivity index (χ2v) is 10.1. The predicted molar refractivity (Wildman–Crippen MR) is 150 cm³/mol. The number of benzene rings is 3. The second-order valence-electron chi connectivity index (χ2n) is 10.1. The molecule has 7 nitrogen and oxygen atoms in total. The number of nitrogens with zero attached hydrogens (tertiary/aromatic N) is 2. The van der Waals surface area contributed by atoms with E-state index in [1.807, 2.05) is 44.2 Å². The summed E-state index contributed by atoms with van der Waals surface area (Å²) in [5.41, 5.74) is 2.31. The second kappa shape index (κ2) is 13.2. The maximum atomic E-state index is 13.7. The fraction of sp³-hybridized carbons (Fsp3) is 0.312. The van der Waals surface area contributed by atoms with Crippen molar-refractivity contribution in [2.45, 2.75) is 58.2 Å². The molecule has 208 valence electrons. The van der Waals surface area contributed by atoms with E-state index in [-0.39, 0.29) is 55.6 Å². The molecule has 0 unspecified atom stereocenters. The Hall–Kier alpha value is -4.33. The number of carbonyl (C=O) groups is 4. The summed E-state index contributed by atoms with van der Waals surface area (Å²) < 4.78 is 13.6. The number of imide groups is 1. The number of amides is 4. The van der Waals surface area contributed by atoms with Crippen molar-refractivity contribution in [1.82, 2.24) is 15.1 Å². The van der Waals surface area contributed by atoms with Crippen molar-refractivity contribution in [1.29, 1.82) is 0 Å². The normalized spacial score (nSPS) is 14.0. The van der Waals surface area contributed by atoms with Crippen molar-refractivity contribution >= 4 is 23.6 Å². The minimum atomic E-state index is -0.812. The summed E-state index contributed by atoms with van der Waals surface area (Å²) in [5, 5.41) is 3.01. The number of rotatable bonds is 12. The Labute approximate surface area is 234 Å². The van der Waals surface area contributed by atoms with Crippen LogP contribution in [0.1, 0.15) is 65.0 Å². The van der Waals surface area contributed by atoms with Gasteiger partial charge < -0.3 is 10.2 Å². The van der Waals surface area contributed by atoms with Crippen LogP contribution in [0.4, 0.5) is 4.39 Å². The molecule has 0 saturated carbocycles. The Morgan fingerprint density at radius 2 is 1.48 bits per heavy atom. The standard InChI is InChI=1S/C32H34FN3O4/c1-3-22(2)34-30(38)28(20-23-10-5-4-6-11-23)36(21-24-15-17-25(33)18-16-24)29(37)14-9-19-35-31(39)26-12-7-8-13-27(26)32(35)40/h4-8,10-13,15-18,22,28H,3,9,14,19-21H2,1-2H3,(H,34,38)/t22-,28+/m0/s1. The predicted octanol–water partition coefficient (Wildman–Crippen LogP) is 4.76. The fourth-order valence-electron chi connectivity index (χ4n) is 4.76. The van der Waals surface area contributed by atoms with Gasteiger partial charge in [-0.05, 0) is 55.2 Å². The average Bonchev–Trinajstić information content (AvgIpc) is 3.21. The van der Waals surface area contributed by atoms with Gasteiger partial charge >= 0.3 is 0 Å². The maximum Gasteiger partial charge on any atom is 0.261 e. The Morgan fingerprint density at radius 3 is 2.08 bits per heavy atom. The summed E-state index contributed by atoms with van der Waals surface area (Å²) in [5.74, 6) is -1.69.